The van der Waals surface area contributed by atoms with E-state index in [2.05, 4.69) is 20.6 Å². The first kappa shape index (κ1) is 16.2. The number of Topliss-reactive ketones (excluding diaryl/α,β-unsaturated/α-hetero) is 1. The molecule has 0 unspecified atom stereocenters. The van der Waals surface area contributed by atoms with E-state index in [1.807, 2.05) is 6.07 Å². The normalized spacial score (nSPS) is 10.4. The summed E-state index contributed by atoms with van der Waals surface area (Å²) in [7, 11) is 0. The van der Waals surface area contributed by atoms with Gasteiger partial charge in [-0.15, -0.1) is 0 Å². The molecule has 0 saturated carbocycles. The van der Waals surface area contributed by atoms with Crippen LogP contribution in [-0.4, -0.2) is 32.9 Å². The molecule has 2 heterocycles. The van der Waals surface area contributed by atoms with Crippen molar-refractivity contribution in [1.29, 1.82) is 0 Å². The SMILES string of the molecule is CC(=O)C(=O)Nc1cccc(-c2c[nH]c3ncc(NC(=O)O)cc23)c1. The lowest BCUT2D eigenvalue weighted by molar-refractivity contribution is -0.133. The average molecular weight is 338 g/mol. The van der Waals surface area contributed by atoms with Crippen molar-refractivity contribution in [3.05, 3.63) is 42.7 Å². The number of carboxylic acid groups (broad SMARTS) is 1. The van der Waals surface area contributed by atoms with Crippen LogP contribution in [0, 0.1) is 0 Å². The standard InChI is InChI=1S/C17H14N4O4/c1-9(22)16(23)20-11-4-2-3-10(5-11)14-8-19-15-13(14)6-12(7-18-15)21-17(24)25/h2-8,21H,1H3,(H,18,19)(H,20,23)(H,24,25). The number of fused-ring (bicyclic) bond motifs is 1. The van der Waals surface area contributed by atoms with Gasteiger partial charge >= 0.3 is 6.09 Å². The Morgan fingerprint density at radius 1 is 1.12 bits per heavy atom. The molecule has 3 aromatic rings. The Kier molecular flexibility index (Phi) is 4.17. The number of carbonyl (C=O) groups excluding carboxylic acids is 2. The Morgan fingerprint density at radius 2 is 1.92 bits per heavy atom. The molecule has 4 N–H and O–H groups in total. The Hall–Kier alpha value is -3.68. The second-order valence-electron chi connectivity index (χ2n) is 5.34. The number of hydrogen-bond donors (Lipinski definition) is 4. The first-order chi connectivity index (χ1) is 11.9. The maximum atomic E-state index is 11.5. The minimum absolute atomic E-state index is 0.349. The third-order valence-corrected chi connectivity index (χ3v) is 3.53. The van der Waals surface area contributed by atoms with E-state index in [0.29, 0.717) is 17.0 Å². The van der Waals surface area contributed by atoms with Crippen LogP contribution in [0.1, 0.15) is 6.92 Å². The molecule has 0 fully saturated rings. The molecule has 0 radical (unpaired) electrons. The number of ketones is 1. The molecule has 0 spiro atoms. The molecule has 2 aromatic heterocycles. The zero-order valence-electron chi connectivity index (χ0n) is 13.2. The number of rotatable bonds is 4. The maximum Gasteiger partial charge on any atom is 0.409 e. The number of aromatic amines is 1. The molecule has 25 heavy (non-hydrogen) atoms. The minimum atomic E-state index is -1.17. The number of nitrogens with zero attached hydrogens (tertiary/aromatic N) is 1. The Morgan fingerprint density at radius 3 is 2.64 bits per heavy atom. The number of hydrogen-bond acceptors (Lipinski definition) is 4. The summed E-state index contributed by atoms with van der Waals surface area (Å²) in [5, 5.41) is 14.3. The van der Waals surface area contributed by atoms with Crippen molar-refractivity contribution in [2.75, 3.05) is 10.6 Å². The number of aromatic nitrogens is 2. The molecule has 126 valence electrons. The van der Waals surface area contributed by atoms with Gasteiger partial charge in [0, 0.05) is 29.8 Å². The van der Waals surface area contributed by atoms with Gasteiger partial charge in [0.1, 0.15) is 5.65 Å². The van der Waals surface area contributed by atoms with Crippen LogP contribution < -0.4 is 10.6 Å². The summed E-state index contributed by atoms with van der Waals surface area (Å²) >= 11 is 0. The van der Waals surface area contributed by atoms with Crippen LogP contribution in [0.4, 0.5) is 16.2 Å². The van der Waals surface area contributed by atoms with Crippen molar-refractivity contribution in [3.63, 3.8) is 0 Å². The van der Waals surface area contributed by atoms with Gasteiger partial charge in [0.25, 0.3) is 5.91 Å². The summed E-state index contributed by atoms with van der Waals surface area (Å²) in [5.41, 5.74) is 3.00. The van der Waals surface area contributed by atoms with Crippen LogP contribution in [0.3, 0.4) is 0 Å². The second-order valence-corrected chi connectivity index (χ2v) is 5.34. The fourth-order valence-corrected chi connectivity index (χ4v) is 2.42. The predicted molar refractivity (Wildman–Crippen MR) is 92.5 cm³/mol. The molecule has 2 amide bonds. The molecular formula is C17H14N4O4. The molecule has 8 nitrogen and oxygen atoms in total. The topological polar surface area (TPSA) is 124 Å². The van der Waals surface area contributed by atoms with Crippen LogP contribution in [0.5, 0.6) is 0 Å². The predicted octanol–water partition coefficient (Wildman–Crippen LogP) is 2.85. The zero-order chi connectivity index (χ0) is 18.0. The van der Waals surface area contributed by atoms with E-state index in [9.17, 15) is 14.4 Å². The van der Waals surface area contributed by atoms with Crippen molar-refractivity contribution in [3.8, 4) is 11.1 Å². The Bertz CT molecular complexity index is 993. The number of nitrogens with one attached hydrogen (secondary N) is 3. The largest absolute Gasteiger partial charge is 0.465 e. The third kappa shape index (κ3) is 3.47. The molecule has 0 aliphatic carbocycles. The summed E-state index contributed by atoms with van der Waals surface area (Å²) in [6.07, 6.45) is 1.99. The summed E-state index contributed by atoms with van der Waals surface area (Å²) in [5.74, 6) is -1.27. The van der Waals surface area contributed by atoms with Gasteiger partial charge in [-0.3, -0.25) is 14.9 Å². The maximum absolute atomic E-state index is 11.5. The van der Waals surface area contributed by atoms with E-state index in [1.54, 1.807) is 30.5 Å². The highest BCUT2D eigenvalue weighted by atomic mass is 16.4. The molecule has 0 aliphatic heterocycles. The number of H-pyrrole nitrogens is 1. The van der Waals surface area contributed by atoms with E-state index < -0.39 is 17.8 Å². The van der Waals surface area contributed by atoms with Gasteiger partial charge in [-0.1, -0.05) is 12.1 Å². The smallest absolute Gasteiger partial charge is 0.409 e. The minimum Gasteiger partial charge on any atom is -0.465 e. The van der Waals surface area contributed by atoms with E-state index in [-0.39, 0.29) is 0 Å². The average Bonchev–Trinajstić information content (AvgIpc) is 2.97. The molecule has 0 saturated heterocycles. The molecule has 1 aromatic carbocycles. The van der Waals surface area contributed by atoms with Gasteiger partial charge < -0.3 is 15.4 Å². The van der Waals surface area contributed by atoms with Crippen LogP contribution in [-0.2, 0) is 9.59 Å². The van der Waals surface area contributed by atoms with Crippen molar-refractivity contribution in [2.45, 2.75) is 6.92 Å². The fourth-order valence-electron chi connectivity index (χ4n) is 2.42. The van der Waals surface area contributed by atoms with Crippen molar-refractivity contribution < 1.29 is 19.5 Å². The molecule has 3 rings (SSSR count). The lowest BCUT2D eigenvalue weighted by Gasteiger charge is -2.06. The van der Waals surface area contributed by atoms with Crippen molar-refractivity contribution >= 4 is 40.2 Å². The number of anilines is 2. The van der Waals surface area contributed by atoms with Crippen LogP contribution in [0.15, 0.2) is 42.7 Å². The fraction of sp³-hybridized carbons (Fsp3) is 0.0588. The lowest BCUT2D eigenvalue weighted by atomic mass is 10.0. The number of amides is 2. The van der Waals surface area contributed by atoms with Crippen LogP contribution in [0.25, 0.3) is 22.2 Å². The lowest BCUT2D eigenvalue weighted by Crippen LogP contribution is -2.19. The van der Waals surface area contributed by atoms with Gasteiger partial charge in [-0.25, -0.2) is 9.78 Å². The first-order valence-electron chi connectivity index (χ1n) is 7.33. The number of pyridine rings is 1. The van der Waals surface area contributed by atoms with Gasteiger partial charge in [0.15, 0.2) is 0 Å². The molecule has 0 aliphatic rings. The second kappa shape index (κ2) is 6.44. The highest BCUT2D eigenvalue weighted by molar-refractivity contribution is 6.39. The summed E-state index contributed by atoms with van der Waals surface area (Å²) in [6, 6.07) is 8.65. The summed E-state index contributed by atoms with van der Waals surface area (Å²) in [4.78, 5) is 40.6. The highest BCUT2D eigenvalue weighted by Gasteiger charge is 2.11. The van der Waals surface area contributed by atoms with Gasteiger partial charge in [0.2, 0.25) is 5.78 Å². The molecular weight excluding hydrogens is 324 g/mol. The van der Waals surface area contributed by atoms with Crippen LogP contribution in [0.2, 0.25) is 0 Å². The third-order valence-electron chi connectivity index (χ3n) is 3.53. The van der Waals surface area contributed by atoms with E-state index in [0.717, 1.165) is 16.5 Å². The van der Waals surface area contributed by atoms with E-state index >= 15 is 0 Å². The van der Waals surface area contributed by atoms with Gasteiger partial charge in [-0.05, 0) is 23.8 Å². The number of carbonyl (C=O) groups is 3. The molecule has 0 atom stereocenters. The molecule has 0 bridgehead atoms. The summed E-state index contributed by atoms with van der Waals surface area (Å²) in [6.45, 7) is 1.20. The molecule has 8 heteroatoms. The van der Waals surface area contributed by atoms with Gasteiger partial charge in [-0.2, -0.15) is 0 Å². The monoisotopic (exact) mass is 338 g/mol. The first-order valence-corrected chi connectivity index (χ1v) is 7.33. The Balaban J connectivity index is 2.00. The number of benzene rings is 1. The zero-order valence-corrected chi connectivity index (χ0v) is 13.2. The Labute approximate surface area is 141 Å². The van der Waals surface area contributed by atoms with Crippen molar-refractivity contribution in [1.82, 2.24) is 9.97 Å². The van der Waals surface area contributed by atoms with E-state index in [1.165, 1.54) is 13.1 Å². The van der Waals surface area contributed by atoms with Crippen molar-refractivity contribution in [2.24, 2.45) is 0 Å². The quantitative estimate of drug-likeness (QED) is 0.545. The van der Waals surface area contributed by atoms with Crippen LogP contribution >= 0.6 is 0 Å². The summed E-state index contributed by atoms with van der Waals surface area (Å²) < 4.78 is 0. The van der Waals surface area contributed by atoms with Gasteiger partial charge in [0.05, 0.1) is 11.9 Å². The van der Waals surface area contributed by atoms with E-state index in [4.69, 9.17) is 5.11 Å². The highest BCUT2D eigenvalue weighted by Crippen LogP contribution is 2.30.